The summed E-state index contributed by atoms with van der Waals surface area (Å²) >= 11 is 5.50. The van der Waals surface area contributed by atoms with E-state index in [1.807, 2.05) is 0 Å². The molecule has 0 heterocycles. The van der Waals surface area contributed by atoms with Crippen LogP contribution in [0.25, 0.3) is 0 Å². The van der Waals surface area contributed by atoms with E-state index in [9.17, 15) is 17.6 Å². The zero-order valence-electron chi connectivity index (χ0n) is 11.4. The number of rotatable bonds is 7. The van der Waals surface area contributed by atoms with Crippen LogP contribution in [0.2, 0.25) is 5.02 Å². The summed E-state index contributed by atoms with van der Waals surface area (Å²) in [5.41, 5.74) is -0.614. The number of benzene rings is 1. The molecule has 0 amide bonds. The number of aromatic carboxylic acids is 1. The molecule has 0 aliphatic heterocycles. The van der Waals surface area contributed by atoms with Crippen LogP contribution in [0.4, 0.5) is 4.39 Å². The number of hydrogen-bond donors (Lipinski definition) is 2. The lowest BCUT2D eigenvalue weighted by molar-refractivity contribution is 0.0696. The van der Waals surface area contributed by atoms with E-state index in [0.717, 1.165) is 6.07 Å². The highest BCUT2D eigenvalue weighted by Gasteiger charge is 2.24. The van der Waals surface area contributed by atoms with Crippen molar-refractivity contribution in [2.75, 3.05) is 13.7 Å². The molecule has 21 heavy (non-hydrogen) atoms. The summed E-state index contributed by atoms with van der Waals surface area (Å²) in [4.78, 5) is 10.4. The van der Waals surface area contributed by atoms with E-state index < -0.39 is 43.3 Å². The molecular weight excluding hydrogens is 325 g/mol. The van der Waals surface area contributed by atoms with Crippen molar-refractivity contribution in [1.82, 2.24) is 4.72 Å². The monoisotopic (exact) mass is 339 g/mol. The van der Waals surface area contributed by atoms with Gasteiger partial charge in [-0.2, -0.15) is 0 Å². The Labute approximate surface area is 126 Å². The number of methoxy groups -OCH3 is 1. The Bertz CT molecular complexity index is 635. The second-order valence-corrected chi connectivity index (χ2v) is 6.35. The predicted molar refractivity (Wildman–Crippen MR) is 74.6 cm³/mol. The van der Waals surface area contributed by atoms with Crippen LogP contribution in [0.1, 0.15) is 23.7 Å². The molecule has 0 saturated heterocycles. The molecule has 0 aliphatic carbocycles. The van der Waals surface area contributed by atoms with Gasteiger partial charge in [-0.1, -0.05) is 18.5 Å². The van der Waals surface area contributed by atoms with Gasteiger partial charge < -0.3 is 9.84 Å². The van der Waals surface area contributed by atoms with Gasteiger partial charge in [-0.15, -0.1) is 0 Å². The molecule has 0 aromatic heterocycles. The van der Waals surface area contributed by atoms with Crippen LogP contribution in [-0.2, 0) is 14.8 Å². The van der Waals surface area contributed by atoms with Gasteiger partial charge >= 0.3 is 5.97 Å². The van der Waals surface area contributed by atoms with Gasteiger partial charge in [0.05, 0.1) is 22.1 Å². The maximum absolute atomic E-state index is 13.6. The van der Waals surface area contributed by atoms with Gasteiger partial charge in [0.2, 0.25) is 10.0 Å². The number of carbonyl (C=O) groups is 1. The Morgan fingerprint density at radius 2 is 2.14 bits per heavy atom. The van der Waals surface area contributed by atoms with Crippen molar-refractivity contribution in [3.8, 4) is 0 Å². The van der Waals surface area contributed by atoms with E-state index in [4.69, 9.17) is 21.4 Å². The molecule has 0 aliphatic rings. The van der Waals surface area contributed by atoms with Gasteiger partial charge in [0.15, 0.2) is 0 Å². The highest BCUT2D eigenvalue weighted by Crippen LogP contribution is 2.24. The molecule has 1 aromatic rings. The van der Waals surface area contributed by atoms with Crippen LogP contribution in [0.3, 0.4) is 0 Å². The SMILES string of the molecule is CCC(COC)NS(=O)(=O)c1cc(F)c(Cl)c(C(=O)O)c1. The quantitative estimate of drug-likeness (QED) is 0.791. The predicted octanol–water partition coefficient (Wildman–Crippen LogP) is 1.88. The molecule has 6 nitrogen and oxygen atoms in total. The Hall–Kier alpha value is -1.22. The minimum Gasteiger partial charge on any atom is -0.478 e. The average molecular weight is 340 g/mol. The number of ether oxygens (including phenoxy) is 1. The summed E-state index contributed by atoms with van der Waals surface area (Å²) in [6, 6.07) is 0.985. The molecule has 0 fully saturated rings. The zero-order chi connectivity index (χ0) is 16.2. The Kier molecular flexibility index (Phi) is 6.09. The molecule has 0 bridgehead atoms. The zero-order valence-corrected chi connectivity index (χ0v) is 13.0. The van der Waals surface area contributed by atoms with E-state index in [1.165, 1.54) is 7.11 Å². The minimum atomic E-state index is -4.08. The van der Waals surface area contributed by atoms with E-state index in [1.54, 1.807) is 6.92 Å². The standard InChI is InChI=1S/C12H15ClFNO5S/c1-3-7(6-20-2)15-21(18,19)8-4-9(12(16)17)11(13)10(14)5-8/h4-5,7,15H,3,6H2,1-2H3,(H,16,17). The third-order valence-corrected chi connectivity index (χ3v) is 4.61. The Morgan fingerprint density at radius 1 is 1.52 bits per heavy atom. The minimum absolute atomic E-state index is 0.136. The number of hydrogen-bond acceptors (Lipinski definition) is 4. The van der Waals surface area contributed by atoms with E-state index >= 15 is 0 Å². The highest BCUT2D eigenvalue weighted by molar-refractivity contribution is 7.89. The maximum atomic E-state index is 13.6. The number of sulfonamides is 1. The summed E-state index contributed by atoms with van der Waals surface area (Å²) < 4.78 is 45.1. The van der Waals surface area contributed by atoms with E-state index in [0.29, 0.717) is 12.5 Å². The first-order valence-electron chi connectivity index (χ1n) is 5.96. The van der Waals surface area contributed by atoms with Crippen LogP contribution in [-0.4, -0.2) is 39.3 Å². The highest BCUT2D eigenvalue weighted by atomic mass is 35.5. The van der Waals surface area contributed by atoms with E-state index in [-0.39, 0.29) is 6.61 Å². The van der Waals surface area contributed by atoms with Crippen LogP contribution in [0, 0.1) is 5.82 Å². The maximum Gasteiger partial charge on any atom is 0.337 e. The van der Waals surface area contributed by atoms with Gasteiger partial charge in [0, 0.05) is 13.2 Å². The van der Waals surface area contributed by atoms with Crippen molar-refractivity contribution in [3.63, 3.8) is 0 Å². The first kappa shape index (κ1) is 17.8. The molecule has 0 spiro atoms. The van der Waals surface area contributed by atoms with Crippen LogP contribution in [0.5, 0.6) is 0 Å². The summed E-state index contributed by atoms with van der Waals surface area (Å²) in [7, 11) is -2.66. The first-order valence-corrected chi connectivity index (χ1v) is 7.82. The molecule has 9 heteroatoms. The summed E-state index contributed by atoms with van der Waals surface area (Å²) in [6.07, 6.45) is 0.453. The molecular formula is C12H15ClFNO5S. The summed E-state index contributed by atoms with van der Waals surface area (Å²) in [5.74, 6) is -2.63. The molecule has 0 radical (unpaired) electrons. The van der Waals surface area contributed by atoms with Crippen molar-refractivity contribution >= 4 is 27.6 Å². The first-order chi connectivity index (χ1) is 9.72. The van der Waals surface area contributed by atoms with Gasteiger partial charge in [-0.3, -0.25) is 0 Å². The van der Waals surface area contributed by atoms with E-state index in [2.05, 4.69) is 4.72 Å². The molecule has 1 unspecified atom stereocenters. The van der Waals surface area contributed by atoms with Crippen LogP contribution < -0.4 is 4.72 Å². The number of carboxylic acid groups (broad SMARTS) is 1. The van der Waals surface area contributed by atoms with Crippen molar-refractivity contribution in [2.45, 2.75) is 24.3 Å². The fourth-order valence-electron chi connectivity index (χ4n) is 1.60. The second-order valence-electron chi connectivity index (χ2n) is 4.25. The molecule has 1 atom stereocenters. The van der Waals surface area contributed by atoms with Gasteiger partial charge in [-0.25, -0.2) is 22.3 Å². The smallest absolute Gasteiger partial charge is 0.337 e. The number of halogens is 2. The fraction of sp³-hybridized carbons (Fsp3) is 0.417. The van der Waals surface area contributed by atoms with Gasteiger partial charge in [0.25, 0.3) is 0 Å². The second kappa shape index (κ2) is 7.17. The van der Waals surface area contributed by atoms with Crippen molar-refractivity contribution in [1.29, 1.82) is 0 Å². The van der Waals surface area contributed by atoms with Crippen LogP contribution >= 0.6 is 11.6 Å². The fourth-order valence-corrected chi connectivity index (χ4v) is 3.13. The third kappa shape index (κ3) is 4.37. The topological polar surface area (TPSA) is 92.7 Å². The lowest BCUT2D eigenvalue weighted by atomic mass is 10.2. The Morgan fingerprint density at radius 3 is 2.62 bits per heavy atom. The van der Waals surface area contributed by atoms with Gasteiger partial charge in [0.1, 0.15) is 5.82 Å². The van der Waals surface area contributed by atoms with Crippen LogP contribution in [0.15, 0.2) is 17.0 Å². The molecule has 118 valence electrons. The molecule has 2 N–H and O–H groups in total. The average Bonchev–Trinajstić information content (AvgIpc) is 2.40. The summed E-state index contributed by atoms with van der Waals surface area (Å²) in [6.45, 7) is 1.88. The molecule has 1 aromatic carbocycles. The Balaban J connectivity index is 3.23. The lowest BCUT2D eigenvalue weighted by Crippen LogP contribution is -2.37. The molecule has 1 rings (SSSR count). The summed E-state index contributed by atoms with van der Waals surface area (Å²) in [5, 5.41) is 8.27. The number of nitrogens with one attached hydrogen (secondary N) is 1. The normalized spacial score (nSPS) is 13.1. The lowest BCUT2D eigenvalue weighted by Gasteiger charge is -2.16. The van der Waals surface area contributed by atoms with Crippen molar-refractivity contribution in [3.05, 3.63) is 28.5 Å². The number of carboxylic acids is 1. The third-order valence-electron chi connectivity index (χ3n) is 2.72. The van der Waals surface area contributed by atoms with Gasteiger partial charge in [-0.05, 0) is 18.6 Å². The van der Waals surface area contributed by atoms with Crippen molar-refractivity contribution in [2.24, 2.45) is 0 Å². The molecule has 0 saturated carbocycles. The largest absolute Gasteiger partial charge is 0.478 e. The van der Waals surface area contributed by atoms with Crippen molar-refractivity contribution < 1.29 is 27.4 Å².